The summed E-state index contributed by atoms with van der Waals surface area (Å²) in [5.74, 6) is -0.0185. The molecule has 0 bridgehead atoms. The number of aliphatic hydroxyl groups is 1. The van der Waals surface area contributed by atoms with Gasteiger partial charge >= 0.3 is 11.9 Å². The minimum absolute atomic E-state index is 0.0283. The summed E-state index contributed by atoms with van der Waals surface area (Å²) in [5.41, 5.74) is 4.34. The molecule has 1 aliphatic heterocycles. The van der Waals surface area contributed by atoms with Crippen LogP contribution >= 0.6 is 11.6 Å². The summed E-state index contributed by atoms with van der Waals surface area (Å²) in [4.78, 5) is 30.1. The number of pyridine rings is 1. The van der Waals surface area contributed by atoms with Crippen molar-refractivity contribution in [2.45, 2.75) is 63.8 Å². The highest BCUT2D eigenvalue weighted by molar-refractivity contribution is 7.90. The van der Waals surface area contributed by atoms with Gasteiger partial charge in [0.1, 0.15) is 36.0 Å². The Hall–Kier alpha value is -4.73. The fourth-order valence-corrected chi connectivity index (χ4v) is 7.43. The number of halogens is 1. The van der Waals surface area contributed by atoms with E-state index in [1.165, 1.54) is 32.5 Å². The van der Waals surface area contributed by atoms with E-state index in [0.29, 0.717) is 35.8 Å². The molecule has 5 rings (SSSR count). The molecule has 306 valence electrons. The normalized spacial score (nSPS) is 15.5. The largest absolute Gasteiger partial charge is 0.493 e. The minimum atomic E-state index is -3.50. The Morgan fingerprint density at radius 1 is 0.965 bits per heavy atom. The highest BCUT2D eigenvalue weighted by atomic mass is 35.5. The number of aliphatic carboxylic acids is 1. The first-order chi connectivity index (χ1) is 27.1. The standard InChI is InChI=1S/C42H50ClN3O10S/c1-27-31(9-6-10-34(27)35-11-7-12-37(28(35)2)54-16-8-14-46-15-13-30(23-46)40(48)53-4)25-56-39-19-38(55-24-29-17-33(22-44-20-29)57(5,51)52)32(18-36(39)43)21-45-42(3,26-47)41(49)50/h6-7,9-12,17-20,22,30,45,47H,8,13-16,21,23-26H2,1-5H3,(H,49,50)/t30-,42+/m1/s1. The van der Waals surface area contributed by atoms with E-state index in [0.717, 1.165) is 65.8 Å². The molecule has 57 heavy (non-hydrogen) atoms. The summed E-state index contributed by atoms with van der Waals surface area (Å²) in [6.07, 6.45) is 5.49. The number of rotatable bonds is 19. The number of hydrogen-bond acceptors (Lipinski definition) is 12. The van der Waals surface area contributed by atoms with Crippen LogP contribution in [0.15, 0.2) is 71.9 Å². The Bertz CT molecular complexity index is 2180. The number of likely N-dealkylation sites (tertiary alicyclic amines) is 1. The maximum atomic E-state index is 12.1. The van der Waals surface area contributed by atoms with Crippen LogP contribution in [0.25, 0.3) is 11.1 Å². The molecule has 0 spiro atoms. The third kappa shape index (κ3) is 11.0. The second-order valence-electron chi connectivity index (χ2n) is 14.4. The minimum Gasteiger partial charge on any atom is -0.493 e. The van der Waals surface area contributed by atoms with Crippen LogP contribution in [-0.4, -0.2) is 92.2 Å². The third-order valence-corrected chi connectivity index (χ3v) is 11.6. The van der Waals surface area contributed by atoms with Gasteiger partial charge in [0, 0.05) is 55.5 Å². The molecular weight excluding hydrogens is 774 g/mol. The van der Waals surface area contributed by atoms with Gasteiger partial charge < -0.3 is 34.1 Å². The zero-order valence-corrected chi connectivity index (χ0v) is 34.4. The van der Waals surface area contributed by atoms with E-state index in [9.17, 15) is 28.2 Å². The van der Waals surface area contributed by atoms with Crippen LogP contribution in [0.5, 0.6) is 17.2 Å². The molecule has 15 heteroatoms. The highest BCUT2D eigenvalue weighted by Crippen LogP contribution is 2.36. The molecule has 3 N–H and O–H groups in total. The van der Waals surface area contributed by atoms with Crippen LogP contribution in [0.4, 0.5) is 0 Å². The number of nitrogens with zero attached hydrogens (tertiary/aromatic N) is 2. The van der Waals surface area contributed by atoms with Crippen molar-refractivity contribution in [2.75, 3.05) is 46.2 Å². The van der Waals surface area contributed by atoms with Crippen molar-refractivity contribution < 1.29 is 47.2 Å². The van der Waals surface area contributed by atoms with Crippen molar-refractivity contribution >= 4 is 33.4 Å². The average Bonchev–Trinajstić information content (AvgIpc) is 3.67. The summed E-state index contributed by atoms with van der Waals surface area (Å²) in [6, 6.07) is 16.7. The van der Waals surface area contributed by atoms with Gasteiger partial charge in [-0.15, -0.1) is 0 Å². The first kappa shape index (κ1) is 43.4. The maximum Gasteiger partial charge on any atom is 0.326 e. The Balaban J connectivity index is 1.30. The molecule has 0 aliphatic carbocycles. The van der Waals surface area contributed by atoms with E-state index in [4.69, 9.17) is 30.5 Å². The highest BCUT2D eigenvalue weighted by Gasteiger charge is 2.32. The van der Waals surface area contributed by atoms with Crippen LogP contribution in [-0.2, 0) is 43.9 Å². The van der Waals surface area contributed by atoms with Gasteiger partial charge in [0.25, 0.3) is 0 Å². The number of carboxylic acids is 1. The van der Waals surface area contributed by atoms with E-state index in [1.807, 2.05) is 38.1 Å². The lowest BCUT2D eigenvalue weighted by Crippen LogP contribution is -2.52. The molecule has 2 heterocycles. The number of carboxylic acid groups (broad SMARTS) is 1. The van der Waals surface area contributed by atoms with Crippen LogP contribution in [0.2, 0.25) is 5.02 Å². The SMILES string of the molecule is COC(=O)[C@@H]1CCN(CCCOc2cccc(-c3cccc(COc4cc(OCc5cncc(S(C)(=O)=O)c5)c(CN[C@@](C)(CO)C(=O)O)cc4Cl)c3C)c2C)C1. The van der Waals surface area contributed by atoms with Crippen LogP contribution < -0.4 is 19.5 Å². The van der Waals surface area contributed by atoms with Gasteiger partial charge in [-0.05, 0) is 86.2 Å². The van der Waals surface area contributed by atoms with Crippen LogP contribution in [0.1, 0.15) is 47.6 Å². The number of methoxy groups -OCH3 is 1. The van der Waals surface area contributed by atoms with E-state index in [2.05, 4.69) is 27.3 Å². The molecular formula is C42H50ClN3O10S. The van der Waals surface area contributed by atoms with E-state index < -0.39 is 28.0 Å². The van der Waals surface area contributed by atoms with Gasteiger partial charge in [-0.2, -0.15) is 0 Å². The second kappa shape index (κ2) is 19.1. The fourth-order valence-electron chi connectivity index (χ4n) is 6.57. The summed E-state index contributed by atoms with van der Waals surface area (Å²) in [5, 5.41) is 22.6. The lowest BCUT2D eigenvalue weighted by Gasteiger charge is -2.25. The molecule has 1 fully saturated rings. The quantitative estimate of drug-likeness (QED) is 0.0769. The van der Waals surface area contributed by atoms with Gasteiger partial charge in [-0.3, -0.25) is 19.9 Å². The Kier molecular flexibility index (Phi) is 14.6. The number of carbonyl (C=O) groups excluding carboxylic acids is 1. The first-order valence-electron chi connectivity index (χ1n) is 18.6. The summed E-state index contributed by atoms with van der Waals surface area (Å²) >= 11 is 6.74. The van der Waals surface area contributed by atoms with Crippen LogP contribution in [0.3, 0.4) is 0 Å². The molecule has 0 amide bonds. The molecule has 13 nitrogen and oxygen atoms in total. The van der Waals surface area contributed by atoms with Gasteiger partial charge in [-0.1, -0.05) is 41.9 Å². The van der Waals surface area contributed by atoms with Gasteiger partial charge in [0.2, 0.25) is 0 Å². The predicted molar refractivity (Wildman–Crippen MR) is 215 cm³/mol. The molecule has 1 aliphatic rings. The van der Waals surface area contributed by atoms with Crippen molar-refractivity contribution in [3.8, 4) is 28.4 Å². The van der Waals surface area contributed by atoms with Crippen LogP contribution in [0, 0.1) is 19.8 Å². The molecule has 1 saturated heterocycles. The topological polar surface area (TPSA) is 174 Å². The van der Waals surface area contributed by atoms with Crippen molar-refractivity contribution in [3.05, 3.63) is 99.8 Å². The zero-order chi connectivity index (χ0) is 41.3. The summed E-state index contributed by atoms with van der Waals surface area (Å²) in [7, 11) is -2.07. The number of aliphatic hydroxyl groups excluding tert-OH is 1. The molecule has 0 unspecified atom stereocenters. The zero-order valence-electron chi connectivity index (χ0n) is 32.8. The van der Waals surface area contributed by atoms with Crippen molar-refractivity contribution in [2.24, 2.45) is 5.92 Å². The Labute approximate surface area is 338 Å². The van der Waals surface area contributed by atoms with E-state index >= 15 is 0 Å². The van der Waals surface area contributed by atoms with Crippen molar-refractivity contribution in [3.63, 3.8) is 0 Å². The average molecular weight is 824 g/mol. The number of aromatic nitrogens is 1. The Morgan fingerprint density at radius 2 is 1.68 bits per heavy atom. The van der Waals surface area contributed by atoms with Gasteiger partial charge in [0.05, 0.1) is 36.2 Å². The van der Waals surface area contributed by atoms with Crippen molar-refractivity contribution in [1.82, 2.24) is 15.2 Å². The fraction of sp³-hybridized carbons (Fsp3) is 0.405. The van der Waals surface area contributed by atoms with E-state index in [1.54, 1.807) is 12.1 Å². The van der Waals surface area contributed by atoms with Gasteiger partial charge in [0.15, 0.2) is 9.84 Å². The van der Waals surface area contributed by atoms with Gasteiger partial charge in [-0.25, -0.2) is 8.42 Å². The van der Waals surface area contributed by atoms with E-state index in [-0.39, 0.29) is 41.6 Å². The maximum absolute atomic E-state index is 12.1. The third-order valence-electron chi connectivity index (χ3n) is 10.3. The Morgan fingerprint density at radius 3 is 2.39 bits per heavy atom. The molecule has 1 aromatic heterocycles. The predicted octanol–water partition coefficient (Wildman–Crippen LogP) is 5.77. The number of hydrogen-bond donors (Lipinski definition) is 3. The smallest absolute Gasteiger partial charge is 0.326 e. The summed E-state index contributed by atoms with van der Waals surface area (Å²) in [6.45, 7) is 7.83. The number of nitrogens with one attached hydrogen (secondary N) is 1. The molecule has 2 atom stereocenters. The number of ether oxygens (including phenoxy) is 4. The molecule has 4 aromatic rings. The second-order valence-corrected chi connectivity index (χ2v) is 16.9. The molecule has 0 radical (unpaired) electrons. The monoisotopic (exact) mass is 823 g/mol. The number of carbonyl (C=O) groups is 2. The number of sulfone groups is 1. The lowest BCUT2D eigenvalue weighted by atomic mass is 9.93. The summed E-state index contributed by atoms with van der Waals surface area (Å²) < 4.78 is 47.8. The molecule has 0 saturated carbocycles. The first-order valence-corrected chi connectivity index (χ1v) is 20.8. The number of esters is 1. The molecule has 3 aromatic carbocycles. The number of benzene rings is 3. The lowest BCUT2D eigenvalue weighted by molar-refractivity contribution is -0.146. The van der Waals surface area contributed by atoms with Crippen molar-refractivity contribution in [1.29, 1.82) is 0 Å².